The molecule has 0 amide bonds. The molecule has 112 valence electrons. The maximum absolute atomic E-state index is 6.06. The molecule has 0 heterocycles. The SMILES string of the molecule is C=CCCCCCOc1ccc(Cl)cc1CNC(C)C. The molecule has 0 radical (unpaired) electrons. The first kappa shape index (κ1) is 17.1. The van der Waals surface area contributed by atoms with Gasteiger partial charge in [0.25, 0.3) is 0 Å². The highest BCUT2D eigenvalue weighted by Crippen LogP contribution is 2.23. The van der Waals surface area contributed by atoms with E-state index >= 15 is 0 Å². The number of halogens is 1. The fourth-order valence-corrected chi connectivity index (χ4v) is 2.09. The van der Waals surface area contributed by atoms with E-state index in [1.807, 2.05) is 24.3 Å². The number of unbranched alkanes of at least 4 members (excludes halogenated alkanes) is 3. The van der Waals surface area contributed by atoms with Crippen LogP contribution in [0, 0.1) is 0 Å². The van der Waals surface area contributed by atoms with Crippen LogP contribution in [0.1, 0.15) is 45.1 Å². The van der Waals surface area contributed by atoms with Crippen LogP contribution in [0.15, 0.2) is 30.9 Å². The first-order chi connectivity index (χ1) is 9.63. The lowest BCUT2D eigenvalue weighted by Gasteiger charge is -2.14. The Labute approximate surface area is 128 Å². The Balaban J connectivity index is 2.44. The Kier molecular flexibility index (Phi) is 8.40. The zero-order valence-electron chi connectivity index (χ0n) is 12.6. The molecule has 0 aromatic heterocycles. The van der Waals surface area contributed by atoms with Crippen molar-refractivity contribution in [2.75, 3.05) is 6.61 Å². The molecule has 3 heteroatoms. The molecular weight excluding hydrogens is 270 g/mol. The number of hydrogen-bond acceptors (Lipinski definition) is 2. The Hall–Kier alpha value is -0.990. The molecular formula is C17H26ClNO. The minimum atomic E-state index is 0.445. The summed E-state index contributed by atoms with van der Waals surface area (Å²) in [5.41, 5.74) is 1.12. The van der Waals surface area contributed by atoms with E-state index in [-0.39, 0.29) is 0 Å². The average Bonchev–Trinajstić information content (AvgIpc) is 2.42. The van der Waals surface area contributed by atoms with Crippen LogP contribution in [0.2, 0.25) is 5.02 Å². The fraction of sp³-hybridized carbons (Fsp3) is 0.529. The van der Waals surface area contributed by atoms with E-state index in [0.29, 0.717) is 6.04 Å². The highest BCUT2D eigenvalue weighted by Gasteiger charge is 2.05. The second-order valence-corrected chi connectivity index (χ2v) is 5.71. The van der Waals surface area contributed by atoms with Crippen molar-refractivity contribution in [2.45, 2.75) is 52.1 Å². The number of ether oxygens (including phenoxy) is 1. The number of benzene rings is 1. The van der Waals surface area contributed by atoms with Gasteiger partial charge in [0, 0.05) is 23.2 Å². The molecule has 20 heavy (non-hydrogen) atoms. The second-order valence-electron chi connectivity index (χ2n) is 5.27. The van der Waals surface area contributed by atoms with E-state index in [1.54, 1.807) is 0 Å². The minimum Gasteiger partial charge on any atom is -0.493 e. The smallest absolute Gasteiger partial charge is 0.123 e. The Bertz CT molecular complexity index is 404. The number of hydrogen-bond donors (Lipinski definition) is 1. The maximum atomic E-state index is 6.06. The molecule has 0 spiro atoms. The Morgan fingerprint density at radius 3 is 2.80 bits per heavy atom. The summed E-state index contributed by atoms with van der Waals surface area (Å²) in [6.07, 6.45) is 6.50. The van der Waals surface area contributed by atoms with Gasteiger partial charge in [-0.2, -0.15) is 0 Å². The number of allylic oxidation sites excluding steroid dienone is 1. The third-order valence-corrected chi connectivity index (χ3v) is 3.27. The van der Waals surface area contributed by atoms with Gasteiger partial charge in [-0.25, -0.2) is 0 Å². The van der Waals surface area contributed by atoms with Gasteiger partial charge in [-0.1, -0.05) is 31.5 Å². The van der Waals surface area contributed by atoms with Crippen LogP contribution < -0.4 is 10.1 Å². The van der Waals surface area contributed by atoms with Gasteiger partial charge in [-0.05, 0) is 43.9 Å². The molecule has 0 fully saturated rings. The van der Waals surface area contributed by atoms with Crippen molar-refractivity contribution in [3.05, 3.63) is 41.4 Å². The first-order valence-electron chi connectivity index (χ1n) is 7.39. The molecule has 1 rings (SSSR count). The molecule has 2 nitrogen and oxygen atoms in total. The third kappa shape index (κ3) is 6.97. The lowest BCUT2D eigenvalue weighted by molar-refractivity contribution is 0.301. The largest absolute Gasteiger partial charge is 0.493 e. The molecule has 1 aromatic rings. The van der Waals surface area contributed by atoms with Crippen LogP contribution in [-0.2, 0) is 6.54 Å². The van der Waals surface area contributed by atoms with Gasteiger partial charge < -0.3 is 10.1 Å². The summed E-state index contributed by atoms with van der Waals surface area (Å²) < 4.78 is 5.88. The molecule has 1 N–H and O–H groups in total. The molecule has 0 saturated heterocycles. The van der Waals surface area contributed by atoms with Crippen molar-refractivity contribution in [2.24, 2.45) is 0 Å². The van der Waals surface area contributed by atoms with Crippen molar-refractivity contribution < 1.29 is 4.74 Å². The van der Waals surface area contributed by atoms with Gasteiger partial charge in [0.15, 0.2) is 0 Å². The van der Waals surface area contributed by atoms with E-state index in [9.17, 15) is 0 Å². The van der Waals surface area contributed by atoms with Crippen molar-refractivity contribution >= 4 is 11.6 Å². The summed E-state index contributed by atoms with van der Waals surface area (Å²) in [5, 5.41) is 4.15. The Morgan fingerprint density at radius 2 is 2.10 bits per heavy atom. The van der Waals surface area contributed by atoms with Gasteiger partial charge in [0.1, 0.15) is 5.75 Å². The van der Waals surface area contributed by atoms with Crippen LogP contribution in [0.5, 0.6) is 5.75 Å². The van der Waals surface area contributed by atoms with Crippen LogP contribution in [0.4, 0.5) is 0 Å². The van der Waals surface area contributed by atoms with Crippen molar-refractivity contribution in [1.29, 1.82) is 0 Å². The summed E-state index contributed by atoms with van der Waals surface area (Å²) in [4.78, 5) is 0. The van der Waals surface area contributed by atoms with Gasteiger partial charge in [-0.15, -0.1) is 6.58 Å². The normalized spacial score (nSPS) is 10.8. The molecule has 0 aliphatic heterocycles. The standard InChI is InChI=1S/C17H26ClNO/c1-4-5-6-7-8-11-20-17-10-9-16(18)12-15(17)13-19-14(2)3/h4,9-10,12,14,19H,1,5-8,11,13H2,2-3H3. The zero-order chi connectivity index (χ0) is 14.8. The predicted octanol–water partition coefficient (Wildman–Crippen LogP) is 4.96. The second kappa shape index (κ2) is 9.84. The summed E-state index contributed by atoms with van der Waals surface area (Å²) in [6.45, 7) is 9.53. The predicted molar refractivity (Wildman–Crippen MR) is 87.6 cm³/mol. The Morgan fingerprint density at radius 1 is 1.30 bits per heavy atom. The maximum Gasteiger partial charge on any atom is 0.123 e. The summed E-state index contributed by atoms with van der Waals surface area (Å²) in [7, 11) is 0. The summed E-state index contributed by atoms with van der Waals surface area (Å²) >= 11 is 6.06. The quantitative estimate of drug-likeness (QED) is 0.486. The van der Waals surface area contributed by atoms with Gasteiger partial charge >= 0.3 is 0 Å². The first-order valence-corrected chi connectivity index (χ1v) is 7.76. The van der Waals surface area contributed by atoms with Crippen molar-refractivity contribution in [3.63, 3.8) is 0 Å². The molecule has 0 bridgehead atoms. The van der Waals surface area contributed by atoms with Gasteiger partial charge in [-0.3, -0.25) is 0 Å². The van der Waals surface area contributed by atoms with E-state index in [0.717, 1.165) is 42.3 Å². The topological polar surface area (TPSA) is 21.3 Å². The van der Waals surface area contributed by atoms with Crippen LogP contribution in [0.3, 0.4) is 0 Å². The highest BCUT2D eigenvalue weighted by atomic mass is 35.5. The molecule has 0 atom stereocenters. The molecule has 0 unspecified atom stereocenters. The van der Waals surface area contributed by atoms with Crippen LogP contribution in [-0.4, -0.2) is 12.6 Å². The zero-order valence-corrected chi connectivity index (χ0v) is 13.4. The molecule has 0 aliphatic carbocycles. The van der Waals surface area contributed by atoms with Crippen LogP contribution >= 0.6 is 11.6 Å². The van der Waals surface area contributed by atoms with Gasteiger partial charge in [0.2, 0.25) is 0 Å². The van der Waals surface area contributed by atoms with Gasteiger partial charge in [0.05, 0.1) is 6.61 Å². The van der Waals surface area contributed by atoms with E-state index in [4.69, 9.17) is 16.3 Å². The summed E-state index contributed by atoms with van der Waals surface area (Å²) in [5.74, 6) is 0.936. The minimum absolute atomic E-state index is 0.445. The van der Waals surface area contributed by atoms with E-state index in [2.05, 4.69) is 25.7 Å². The van der Waals surface area contributed by atoms with E-state index in [1.165, 1.54) is 12.8 Å². The van der Waals surface area contributed by atoms with Crippen molar-refractivity contribution in [1.82, 2.24) is 5.32 Å². The average molecular weight is 296 g/mol. The molecule has 0 saturated carbocycles. The lowest BCUT2D eigenvalue weighted by atomic mass is 10.2. The number of nitrogens with one attached hydrogen (secondary N) is 1. The van der Waals surface area contributed by atoms with E-state index < -0.39 is 0 Å². The third-order valence-electron chi connectivity index (χ3n) is 3.03. The fourth-order valence-electron chi connectivity index (χ4n) is 1.89. The summed E-state index contributed by atoms with van der Waals surface area (Å²) in [6, 6.07) is 6.27. The highest BCUT2D eigenvalue weighted by molar-refractivity contribution is 6.30. The number of rotatable bonds is 10. The molecule has 1 aromatic carbocycles. The van der Waals surface area contributed by atoms with Crippen LogP contribution in [0.25, 0.3) is 0 Å². The molecule has 0 aliphatic rings. The van der Waals surface area contributed by atoms with Crippen molar-refractivity contribution in [3.8, 4) is 5.75 Å². The monoisotopic (exact) mass is 295 g/mol. The lowest BCUT2D eigenvalue weighted by Crippen LogP contribution is -2.22.